The van der Waals surface area contributed by atoms with E-state index in [9.17, 15) is 18.4 Å². The van der Waals surface area contributed by atoms with Crippen molar-refractivity contribution in [3.05, 3.63) is 59.7 Å². The first-order valence-corrected chi connectivity index (χ1v) is 6.96. The Morgan fingerprint density at radius 1 is 1.04 bits per heavy atom. The molecule has 23 heavy (non-hydrogen) atoms. The van der Waals surface area contributed by atoms with Gasteiger partial charge in [-0.3, -0.25) is 9.59 Å². The predicted octanol–water partition coefficient (Wildman–Crippen LogP) is 3.26. The predicted molar refractivity (Wildman–Crippen MR) is 84.2 cm³/mol. The molecule has 2 rings (SSSR count). The van der Waals surface area contributed by atoms with Gasteiger partial charge in [-0.2, -0.15) is 0 Å². The molecule has 2 aromatic rings. The molecule has 0 saturated heterocycles. The third-order valence-electron chi connectivity index (χ3n) is 3.23. The van der Waals surface area contributed by atoms with Crippen LogP contribution in [0.15, 0.2) is 42.5 Å². The van der Waals surface area contributed by atoms with Crippen molar-refractivity contribution in [1.82, 2.24) is 0 Å². The minimum atomic E-state index is -1.05. The summed E-state index contributed by atoms with van der Waals surface area (Å²) < 4.78 is 26.0. The van der Waals surface area contributed by atoms with E-state index < -0.39 is 17.5 Å². The molecule has 4 nitrogen and oxygen atoms in total. The molecule has 0 fully saturated rings. The fraction of sp³-hybridized carbons (Fsp3) is 0.176. The SMILES string of the molecule is CC(=O)N(CC(=O)Nc1ccc(F)c(F)c1)c1ccc(C)cc1. The lowest BCUT2D eigenvalue weighted by Crippen LogP contribution is -2.36. The highest BCUT2D eigenvalue weighted by molar-refractivity contribution is 6.01. The average molecular weight is 318 g/mol. The average Bonchev–Trinajstić information content (AvgIpc) is 2.49. The molecule has 0 spiro atoms. The molecule has 0 radical (unpaired) electrons. The topological polar surface area (TPSA) is 49.4 Å². The maximum Gasteiger partial charge on any atom is 0.244 e. The molecule has 0 unspecified atom stereocenters. The standard InChI is InChI=1S/C17H16F2N2O2/c1-11-3-6-14(7-4-11)21(12(2)22)10-17(23)20-13-5-8-15(18)16(19)9-13/h3-9H,10H2,1-2H3,(H,20,23). The van der Waals surface area contributed by atoms with Crippen LogP contribution < -0.4 is 10.2 Å². The Kier molecular flexibility index (Phi) is 5.05. The molecule has 0 aliphatic heterocycles. The van der Waals surface area contributed by atoms with Gasteiger partial charge in [-0.1, -0.05) is 17.7 Å². The van der Waals surface area contributed by atoms with Gasteiger partial charge in [0.25, 0.3) is 0 Å². The van der Waals surface area contributed by atoms with Crippen molar-refractivity contribution in [2.45, 2.75) is 13.8 Å². The summed E-state index contributed by atoms with van der Waals surface area (Å²) in [5, 5.41) is 2.44. The first-order valence-electron chi connectivity index (χ1n) is 6.96. The van der Waals surface area contributed by atoms with Crippen LogP contribution in [0.1, 0.15) is 12.5 Å². The maximum atomic E-state index is 13.1. The lowest BCUT2D eigenvalue weighted by Gasteiger charge is -2.21. The number of aryl methyl sites for hydroxylation is 1. The van der Waals surface area contributed by atoms with Crippen molar-refractivity contribution in [2.75, 3.05) is 16.8 Å². The van der Waals surface area contributed by atoms with Crippen LogP contribution in [-0.2, 0) is 9.59 Å². The first kappa shape index (κ1) is 16.6. The highest BCUT2D eigenvalue weighted by atomic mass is 19.2. The number of carbonyl (C=O) groups excluding carboxylic acids is 2. The Balaban J connectivity index is 2.10. The normalized spacial score (nSPS) is 10.3. The van der Waals surface area contributed by atoms with Crippen molar-refractivity contribution in [3.8, 4) is 0 Å². The van der Waals surface area contributed by atoms with E-state index in [1.165, 1.54) is 17.9 Å². The Hall–Kier alpha value is -2.76. The van der Waals surface area contributed by atoms with Gasteiger partial charge in [0.05, 0.1) is 0 Å². The number of hydrogen-bond acceptors (Lipinski definition) is 2. The molecule has 0 aliphatic rings. The fourth-order valence-corrected chi connectivity index (χ4v) is 2.03. The van der Waals surface area contributed by atoms with Crippen LogP contribution in [0.2, 0.25) is 0 Å². The minimum Gasteiger partial charge on any atom is -0.324 e. The molecule has 0 aromatic heterocycles. The molecule has 2 aromatic carbocycles. The highest BCUT2D eigenvalue weighted by Gasteiger charge is 2.16. The van der Waals surface area contributed by atoms with Crippen LogP contribution in [0.4, 0.5) is 20.2 Å². The zero-order chi connectivity index (χ0) is 17.0. The summed E-state index contributed by atoms with van der Waals surface area (Å²) in [7, 11) is 0. The van der Waals surface area contributed by atoms with Gasteiger partial charge in [0.15, 0.2) is 11.6 Å². The number of nitrogens with one attached hydrogen (secondary N) is 1. The van der Waals surface area contributed by atoms with Crippen molar-refractivity contribution < 1.29 is 18.4 Å². The van der Waals surface area contributed by atoms with E-state index in [2.05, 4.69) is 5.32 Å². The van der Waals surface area contributed by atoms with E-state index in [0.717, 1.165) is 17.7 Å². The monoisotopic (exact) mass is 318 g/mol. The van der Waals surface area contributed by atoms with E-state index in [4.69, 9.17) is 0 Å². The van der Waals surface area contributed by atoms with Crippen LogP contribution in [0.5, 0.6) is 0 Å². The largest absolute Gasteiger partial charge is 0.324 e. The molecular weight excluding hydrogens is 302 g/mol. The Bertz CT molecular complexity index is 730. The zero-order valence-electron chi connectivity index (χ0n) is 12.8. The van der Waals surface area contributed by atoms with Crippen LogP contribution >= 0.6 is 0 Å². The van der Waals surface area contributed by atoms with Crippen LogP contribution in [0.25, 0.3) is 0 Å². The summed E-state index contributed by atoms with van der Waals surface area (Å²) in [5.41, 5.74) is 1.74. The molecule has 0 atom stereocenters. The van der Waals surface area contributed by atoms with E-state index in [0.29, 0.717) is 5.69 Å². The zero-order valence-corrected chi connectivity index (χ0v) is 12.8. The third-order valence-corrected chi connectivity index (χ3v) is 3.23. The summed E-state index contributed by atoms with van der Waals surface area (Å²) in [4.78, 5) is 25.1. The van der Waals surface area contributed by atoms with E-state index in [-0.39, 0.29) is 18.1 Å². The Morgan fingerprint density at radius 2 is 1.70 bits per heavy atom. The molecular formula is C17H16F2N2O2. The van der Waals surface area contributed by atoms with Crippen LogP contribution in [-0.4, -0.2) is 18.4 Å². The van der Waals surface area contributed by atoms with Crippen LogP contribution in [0, 0.1) is 18.6 Å². The lowest BCUT2D eigenvalue weighted by atomic mass is 10.2. The fourth-order valence-electron chi connectivity index (χ4n) is 2.03. The smallest absolute Gasteiger partial charge is 0.244 e. The number of benzene rings is 2. The molecule has 120 valence electrons. The summed E-state index contributed by atoms with van der Waals surface area (Å²) in [6, 6.07) is 10.2. The molecule has 0 aliphatic carbocycles. The molecule has 0 heterocycles. The van der Waals surface area contributed by atoms with Gasteiger partial charge in [0.2, 0.25) is 11.8 Å². The number of carbonyl (C=O) groups is 2. The quantitative estimate of drug-likeness (QED) is 0.940. The summed E-state index contributed by atoms with van der Waals surface area (Å²) >= 11 is 0. The molecule has 0 saturated carbocycles. The number of nitrogens with zero attached hydrogens (tertiary/aromatic N) is 1. The number of amides is 2. The number of rotatable bonds is 4. The van der Waals surface area contributed by atoms with Crippen molar-refractivity contribution in [2.24, 2.45) is 0 Å². The lowest BCUT2D eigenvalue weighted by molar-refractivity contribution is -0.120. The van der Waals surface area contributed by atoms with E-state index in [1.807, 2.05) is 19.1 Å². The van der Waals surface area contributed by atoms with E-state index in [1.54, 1.807) is 12.1 Å². The third kappa shape index (κ3) is 4.35. The second kappa shape index (κ2) is 7.00. The summed E-state index contributed by atoms with van der Waals surface area (Å²) in [5.74, 6) is -2.85. The maximum absolute atomic E-state index is 13.1. The number of halogens is 2. The molecule has 1 N–H and O–H groups in total. The van der Waals surface area contributed by atoms with Gasteiger partial charge in [-0.25, -0.2) is 8.78 Å². The Morgan fingerprint density at radius 3 is 2.26 bits per heavy atom. The summed E-state index contributed by atoms with van der Waals surface area (Å²) in [6.45, 7) is 3.04. The van der Waals surface area contributed by atoms with Crippen LogP contribution in [0.3, 0.4) is 0 Å². The van der Waals surface area contributed by atoms with Gasteiger partial charge in [0, 0.05) is 24.4 Å². The van der Waals surface area contributed by atoms with E-state index >= 15 is 0 Å². The van der Waals surface area contributed by atoms with Gasteiger partial charge in [-0.05, 0) is 31.2 Å². The van der Waals surface area contributed by atoms with Crippen molar-refractivity contribution in [3.63, 3.8) is 0 Å². The minimum absolute atomic E-state index is 0.126. The van der Waals surface area contributed by atoms with Crippen molar-refractivity contribution in [1.29, 1.82) is 0 Å². The van der Waals surface area contributed by atoms with Gasteiger partial charge >= 0.3 is 0 Å². The molecule has 0 bridgehead atoms. The summed E-state index contributed by atoms with van der Waals surface area (Å²) in [6.07, 6.45) is 0. The van der Waals surface area contributed by atoms with Gasteiger partial charge < -0.3 is 10.2 Å². The highest BCUT2D eigenvalue weighted by Crippen LogP contribution is 2.16. The molecule has 6 heteroatoms. The first-order chi connectivity index (χ1) is 10.9. The Labute approximate surface area is 132 Å². The number of anilines is 2. The molecule has 2 amide bonds. The number of hydrogen-bond donors (Lipinski definition) is 1. The second-order valence-corrected chi connectivity index (χ2v) is 5.12. The van der Waals surface area contributed by atoms with Gasteiger partial charge in [-0.15, -0.1) is 0 Å². The second-order valence-electron chi connectivity index (χ2n) is 5.12. The van der Waals surface area contributed by atoms with Gasteiger partial charge in [0.1, 0.15) is 6.54 Å². The van der Waals surface area contributed by atoms with Crippen molar-refractivity contribution >= 4 is 23.2 Å².